The van der Waals surface area contributed by atoms with Crippen molar-refractivity contribution < 1.29 is 9.53 Å². The lowest BCUT2D eigenvalue weighted by molar-refractivity contribution is 0.102. The van der Waals surface area contributed by atoms with Gasteiger partial charge in [-0.05, 0) is 66.8 Å². The molecule has 7 heteroatoms. The van der Waals surface area contributed by atoms with E-state index in [1.807, 2.05) is 51.1 Å². The Bertz CT molecular complexity index is 1370. The molecule has 7 nitrogen and oxygen atoms in total. The fraction of sp³-hybridized carbons (Fsp3) is 0.250. The summed E-state index contributed by atoms with van der Waals surface area (Å²) in [6.45, 7) is 10.2. The Morgan fingerprint density at radius 2 is 1.80 bits per heavy atom. The van der Waals surface area contributed by atoms with Crippen LogP contribution in [0.1, 0.15) is 59.6 Å². The molecule has 0 aliphatic carbocycles. The monoisotopic (exact) mass is 467 g/mol. The van der Waals surface area contributed by atoms with Crippen molar-refractivity contribution in [2.24, 2.45) is 0 Å². The molecule has 4 rings (SSSR count). The molecule has 0 spiro atoms. The molecule has 0 unspecified atom stereocenters. The predicted molar refractivity (Wildman–Crippen MR) is 137 cm³/mol. The number of nitrogens with zero attached hydrogens (tertiary/aromatic N) is 4. The number of hydrogen-bond acceptors (Lipinski definition) is 6. The Balaban J connectivity index is 1.62. The minimum Gasteiger partial charge on any atom is -0.438 e. The van der Waals surface area contributed by atoms with E-state index in [0.717, 1.165) is 16.8 Å². The van der Waals surface area contributed by atoms with Crippen molar-refractivity contribution in [3.8, 4) is 23.0 Å². The van der Waals surface area contributed by atoms with Gasteiger partial charge in [-0.2, -0.15) is 0 Å². The standard InChI is InChI=1S/C28H29N5O2/c1-6-25-30-16-31-26(33-25)22-8-7-13-29-28(22)35-24-15-21(12-10-19(24)5)27(34)32-23-14-20(17(2)3)11-9-18(23)4/h7-17H,6H2,1-5H3,(H,32,34). The molecule has 0 bridgehead atoms. The van der Waals surface area contributed by atoms with Crippen molar-refractivity contribution in [3.63, 3.8) is 0 Å². The summed E-state index contributed by atoms with van der Waals surface area (Å²) >= 11 is 0. The molecule has 0 saturated heterocycles. The molecule has 0 saturated carbocycles. The highest BCUT2D eigenvalue weighted by Crippen LogP contribution is 2.32. The van der Waals surface area contributed by atoms with Crippen LogP contribution in [0.15, 0.2) is 61.1 Å². The fourth-order valence-corrected chi connectivity index (χ4v) is 3.56. The Kier molecular flexibility index (Phi) is 7.15. The molecule has 0 fully saturated rings. The van der Waals surface area contributed by atoms with E-state index in [0.29, 0.717) is 46.7 Å². The van der Waals surface area contributed by atoms with Crippen LogP contribution in [0.4, 0.5) is 5.69 Å². The Hall–Kier alpha value is -4.13. The summed E-state index contributed by atoms with van der Waals surface area (Å²) in [7, 11) is 0. The van der Waals surface area contributed by atoms with Crippen LogP contribution in [0.3, 0.4) is 0 Å². The Morgan fingerprint density at radius 3 is 2.57 bits per heavy atom. The number of nitrogens with one attached hydrogen (secondary N) is 1. The first-order valence-corrected chi connectivity index (χ1v) is 11.7. The van der Waals surface area contributed by atoms with Gasteiger partial charge in [-0.3, -0.25) is 4.79 Å². The SMILES string of the molecule is CCc1ncnc(-c2cccnc2Oc2cc(C(=O)Nc3cc(C(C)C)ccc3C)ccc2C)n1. The van der Waals surface area contributed by atoms with E-state index < -0.39 is 0 Å². The van der Waals surface area contributed by atoms with Gasteiger partial charge in [0, 0.05) is 23.9 Å². The van der Waals surface area contributed by atoms with Crippen LogP contribution in [0, 0.1) is 13.8 Å². The first kappa shape index (κ1) is 24.0. The van der Waals surface area contributed by atoms with E-state index in [-0.39, 0.29) is 5.91 Å². The summed E-state index contributed by atoms with van der Waals surface area (Å²) in [5.74, 6) is 2.25. The maximum Gasteiger partial charge on any atom is 0.255 e. The second-order valence-electron chi connectivity index (χ2n) is 8.70. The quantitative estimate of drug-likeness (QED) is 0.344. The zero-order valence-corrected chi connectivity index (χ0v) is 20.7. The van der Waals surface area contributed by atoms with E-state index in [4.69, 9.17) is 4.74 Å². The number of carbonyl (C=O) groups is 1. The van der Waals surface area contributed by atoms with Crippen LogP contribution in [-0.4, -0.2) is 25.8 Å². The summed E-state index contributed by atoms with van der Waals surface area (Å²) in [5, 5.41) is 3.05. The maximum absolute atomic E-state index is 13.1. The molecule has 2 aromatic carbocycles. The summed E-state index contributed by atoms with van der Waals surface area (Å²) in [6.07, 6.45) is 3.84. The molecule has 0 aliphatic heterocycles. The van der Waals surface area contributed by atoms with Crippen LogP contribution in [0.5, 0.6) is 11.6 Å². The van der Waals surface area contributed by atoms with E-state index in [2.05, 4.69) is 45.2 Å². The van der Waals surface area contributed by atoms with Crippen molar-refractivity contribution in [3.05, 3.63) is 89.1 Å². The van der Waals surface area contributed by atoms with Gasteiger partial charge in [0.15, 0.2) is 5.82 Å². The lowest BCUT2D eigenvalue weighted by Gasteiger charge is -2.14. The van der Waals surface area contributed by atoms with Crippen molar-refractivity contribution in [1.29, 1.82) is 0 Å². The van der Waals surface area contributed by atoms with Crippen LogP contribution in [0.2, 0.25) is 0 Å². The number of anilines is 1. The average Bonchev–Trinajstić information content (AvgIpc) is 2.86. The highest BCUT2D eigenvalue weighted by molar-refractivity contribution is 6.05. The number of benzene rings is 2. The van der Waals surface area contributed by atoms with E-state index in [9.17, 15) is 4.79 Å². The minimum absolute atomic E-state index is 0.204. The van der Waals surface area contributed by atoms with Gasteiger partial charge in [0.1, 0.15) is 17.9 Å². The second-order valence-corrected chi connectivity index (χ2v) is 8.70. The Morgan fingerprint density at radius 1 is 1.00 bits per heavy atom. The van der Waals surface area contributed by atoms with Gasteiger partial charge in [-0.1, -0.05) is 39.0 Å². The number of aromatic nitrogens is 4. The summed E-state index contributed by atoms with van der Waals surface area (Å²) in [4.78, 5) is 30.5. The van der Waals surface area contributed by atoms with Crippen molar-refractivity contribution >= 4 is 11.6 Å². The van der Waals surface area contributed by atoms with E-state index in [1.54, 1.807) is 18.3 Å². The van der Waals surface area contributed by atoms with Crippen molar-refractivity contribution in [2.75, 3.05) is 5.32 Å². The van der Waals surface area contributed by atoms with Gasteiger partial charge < -0.3 is 10.1 Å². The van der Waals surface area contributed by atoms with Crippen LogP contribution < -0.4 is 10.1 Å². The van der Waals surface area contributed by atoms with Gasteiger partial charge in [0.05, 0.1) is 5.56 Å². The molecule has 2 heterocycles. The summed E-state index contributed by atoms with van der Waals surface area (Å²) in [6, 6.07) is 15.2. The number of ether oxygens (including phenoxy) is 1. The zero-order chi connectivity index (χ0) is 24.9. The van der Waals surface area contributed by atoms with E-state index >= 15 is 0 Å². The van der Waals surface area contributed by atoms with Gasteiger partial charge in [0.25, 0.3) is 5.91 Å². The zero-order valence-electron chi connectivity index (χ0n) is 20.7. The first-order chi connectivity index (χ1) is 16.9. The van der Waals surface area contributed by atoms with Crippen molar-refractivity contribution in [2.45, 2.75) is 47.0 Å². The van der Waals surface area contributed by atoms with Crippen molar-refractivity contribution in [1.82, 2.24) is 19.9 Å². The molecule has 1 N–H and O–H groups in total. The largest absolute Gasteiger partial charge is 0.438 e. The number of amides is 1. The van der Waals surface area contributed by atoms with Crippen LogP contribution in [-0.2, 0) is 6.42 Å². The molecule has 2 aromatic heterocycles. The third-order valence-corrected chi connectivity index (χ3v) is 5.78. The molecule has 4 aromatic rings. The third kappa shape index (κ3) is 5.51. The third-order valence-electron chi connectivity index (χ3n) is 5.78. The first-order valence-electron chi connectivity index (χ1n) is 11.7. The molecule has 178 valence electrons. The number of hydrogen-bond donors (Lipinski definition) is 1. The van der Waals surface area contributed by atoms with Gasteiger partial charge in [-0.15, -0.1) is 0 Å². The van der Waals surface area contributed by atoms with E-state index in [1.165, 1.54) is 11.9 Å². The number of pyridine rings is 1. The number of aryl methyl sites for hydroxylation is 3. The van der Waals surface area contributed by atoms with Crippen LogP contribution in [0.25, 0.3) is 11.4 Å². The van der Waals surface area contributed by atoms with Gasteiger partial charge >= 0.3 is 0 Å². The average molecular weight is 468 g/mol. The lowest BCUT2D eigenvalue weighted by atomic mass is 10.0. The topological polar surface area (TPSA) is 89.9 Å². The highest BCUT2D eigenvalue weighted by atomic mass is 16.5. The molecule has 0 radical (unpaired) electrons. The van der Waals surface area contributed by atoms with Gasteiger partial charge in [0.2, 0.25) is 5.88 Å². The smallest absolute Gasteiger partial charge is 0.255 e. The lowest BCUT2D eigenvalue weighted by Crippen LogP contribution is -2.13. The van der Waals surface area contributed by atoms with Gasteiger partial charge in [-0.25, -0.2) is 19.9 Å². The highest BCUT2D eigenvalue weighted by Gasteiger charge is 2.16. The molecular formula is C28H29N5O2. The second kappa shape index (κ2) is 10.4. The van der Waals surface area contributed by atoms with Crippen LogP contribution >= 0.6 is 0 Å². The maximum atomic E-state index is 13.1. The molecule has 0 atom stereocenters. The minimum atomic E-state index is -0.204. The molecule has 35 heavy (non-hydrogen) atoms. The molecule has 0 aliphatic rings. The number of rotatable bonds is 7. The number of carbonyl (C=O) groups excluding carboxylic acids is 1. The molecular weight excluding hydrogens is 438 g/mol. The summed E-state index contributed by atoms with van der Waals surface area (Å²) in [5.41, 5.74) is 5.00. The normalized spacial score (nSPS) is 10.9. The molecule has 1 amide bonds. The fourth-order valence-electron chi connectivity index (χ4n) is 3.56. The summed E-state index contributed by atoms with van der Waals surface area (Å²) < 4.78 is 6.19. The predicted octanol–water partition coefficient (Wildman–Crippen LogP) is 6.28. The Labute approximate surface area is 205 Å².